The van der Waals surface area contributed by atoms with Gasteiger partial charge in [-0.05, 0) is 62.9 Å². The summed E-state index contributed by atoms with van der Waals surface area (Å²) in [7, 11) is 0. The van der Waals surface area contributed by atoms with Crippen LogP contribution < -0.4 is 0 Å². The van der Waals surface area contributed by atoms with Crippen LogP contribution in [0.2, 0.25) is 0 Å². The quantitative estimate of drug-likeness (QED) is 0.846. The zero-order valence-corrected chi connectivity index (χ0v) is 14.3. The molecule has 2 heterocycles. The van der Waals surface area contributed by atoms with Crippen molar-refractivity contribution in [1.29, 1.82) is 0 Å². The summed E-state index contributed by atoms with van der Waals surface area (Å²) in [6, 6.07) is 6.81. The molecular formula is C20H27FN2O. The summed E-state index contributed by atoms with van der Waals surface area (Å²) < 4.78 is 13.1. The van der Waals surface area contributed by atoms with Crippen molar-refractivity contribution in [2.75, 3.05) is 26.2 Å². The molecule has 1 aliphatic carbocycles. The van der Waals surface area contributed by atoms with Crippen LogP contribution in [0.1, 0.15) is 56.4 Å². The Labute approximate surface area is 143 Å². The molecule has 24 heavy (non-hydrogen) atoms. The minimum atomic E-state index is -0.214. The minimum absolute atomic E-state index is 0.191. The average Bonchev–Trinajstić information content (AvgIpc) is 3.34. The number of nitrogens with zero attached hydrogens (tertiary/aromatic N) is 2. The Morgan fingerprint density at radius 3 is 2.33 bits per heavy atom. The number of rotatable bonds is 3. The maximum absolute atomic E-state index is 13.4. The number of carbonyl (C=O) groups excluding carboxylic acids is 1. The SMILES string of the molecule is O=C(N1CC[C@H](c2ccc(F)cc2)C1)C1(N2CCCC2)CCCC1. The highest BCUT2D eigenvalue weighted by molar-refractivity contribution is 5.87. The van der Waals surface area contributed by atoms with Gasteiger partial charge in [0, 0.05) is 19.0 Å². The lowest BCUT2D eigenvalue weighted by molar-refractivity contribution is -0.143. The summed E-state index contributed by atoms with van der Waals surface area (Å²) in [6.07, 6.45) is 7.87. The van der Waals surface area contributed by atoms with Crippen LogP contribution in [0.15, 0.2) is 24.3 Å². The molecule has 3 fully saturated rings. The van der Waals surface area contributed by atoms with Crippen molar-refractivity contribution in [3.05, 3.63) is 35.6 Å². The molecule has 0 spiro atoms. The van der Waals surface area contributed by atoms with Crippen LogP contribution in [0, 0.1) is 5.82 Å². The van der Waals surface area contributed by atoms with Crippen LogP contribution >= 0.6 is 0 Å². The smallest absolute Gasteiger partial charge is 0.243 e. The van der Waals surface area contributed by atoms with E-state index in [1.54, 1.807) is 0 Å². The van der Waals surface area contributed by atoms with E-state index in [4.69, 9.17) is 0 Å². The summed E-state index contributed by atoms with van der Waals surface area (Å²) >= 11 is 0. The zero-order chi connectivity index (χ0) is 16.6. The van der Waals surface area contributed by atoms with E-state index in [1.807, 2.05) is 12.1 Å². The van der Waals surface area contributed by atoms with Gasteiger partial charge in [0.25, 0.3) is 0 Å². The molecule has 1 aromatic carbocycles. The Bertz CT molecular complexity index is 588. The number of hydrogen-bond donors (Lipinski definition) is 0. The van der Waals surface area contributed by atoms with Crippen LogP contribution in [0.5, 0.6) is 0 Å². The highest BCUT2D eigenvalue weighted by Crippen LogP contribution is 2.40. The fourth-order valence-electron chi connectivity index (χ4n) is 5.02. The van der Waals surface area contributed by atoms with E-state index >= 15 is 0 Å². The standard InChI is InChI=1S/C20H27FN2O/c21-18-7-5-16(6-8-18)17-9-14-22(15-17)19(24)20(10-1-2-11-20)23-12-3-4-13-23/h5-8,17H,1-4,9-15H2/t17-/m0/s1. The first-order valence-corrected chi connectivity index (χ1v) is 9.49. The monoisotopic (exact) mass is 330 g/mol. The van der Waals surface area contributed by atoms with Crippen LogP contribution in [-0.2, 0) is 4.79 Å². The number of amides is 1. The van der Waals surface area contributed by atoms with Gasteiger partial charge in [-0.15, -0.1) is 0 Å². The summed E-state index contributed by atoms with van der Waals surface area (Å²) in [5.41, 5.74) is 0.946. The number of halogens is 1. The van der Waals surface area contributed by atoms with Crippen molar-refractivity contribution in [1.82, 2.24) is 9.80 Å². The minimum Gasteiger partial charge on any atom is -0.340 e. The molecule has 2 aliphatic heterocycles. The van der Waals surface area contributed by atoms with E-state index in [2.05, 4.69) is 9.80 Å². The van der Waals surface area contributed by atoms with Crippen molar-refractivity contribution in [3.63, 3.8) is 0 Å². The molecule has 0 bridgehead atoms. The summed E-state index contributed by atoms with van der Waals surface area (Å²) in [5.74, 6) is 0.529. The van der Waals surface area contributed by atoms with E-state index in [-0.39, 0.29) is 11.4 Å². The van der Waals surface area contributed by atoms with Gasteiger partial charge in [0.2, 0.25) is 5.91 Å². The molecule has 0 N–H and O–H groups in total. The van der Waals surface area contributed by atoms with Gasteiger partial charge in [0.15, 0.2) is 0 Å². The lowest BCUT2D eigenvalue weighted by Crippen LogP contribution is -2.57. The largest absolute Gasteiger partial charge is 0.340 e. The average molecular weight is 330 g/mol. The van der Waals surface area contributed by atoms with Crippen LogP contribution in [-0.4, -0.2) is 47.4 Å². The van der Waals surface area contributed by atoms with E-state index in [9.17, 15) is 9.18 Å². The molecule has 0 aromatic heterocycles. The summed E-state index contributed by atoms with van der Waals surface area (Å²) in [5, 5.41) is 0. The van der Waals surface area contributed by atoms with Gasteiger partial charge in [-0.25, -0.2) is 4.39 Å². The molecule has 3 aliphatic rings. The normalized spacial score (nSPS) is 27.0. The number of hydrogen-bond acceptors (Lipinski definition) is 2. The van der Waals surface area contributed by atoms with Crippen LogP contribution in [0.3, 0.4) is 0 Å². The second-order valence-electron chi connectivity index (χ2n) is 7.72. The predicted molar refractivity (Wildman–Crippen MR) is 92.3 cm³/mol. The van der Waals surface area contributed by atoms with Gasteiger partial charge in [-0.3, -0.25) is 9.69 Å². The molecule has 1 aromatic rings. The van der Waals surface area contributed by atoms with Crippen LogP contribution in [0.25, 0.3) is 0 Å². The third-order valence-corrected chi connectivity index (χ3v) is 6.36. The third kappa shape index (κ3) is 2.75. The first kappa shape index (κ1) is 16.1. The first-order chi connectivity index (χ1) is 11.7. The summed E-state index contributed by atoms with van der Waals surface area (Å²) in [6.45, 7) is 3.80. The second kappa shape index (κ2) is 6.47. The first-order valence-electron chi connectivity index (χ1n) is 9.49. The molecule has 1 amide bonds. The van der Waals surface area contributed by atoms with Gasteiger partial charge in [-0.2, -0.15) is 0 Å². The van der Waals surface area contributed by atoms with Crippen LogP contribution in [0.4, 0.5) is 4.39 Å². The Hall–Kier alpha value is -1.42. The molecule has 3 nitrogen and oxygen atoms in total. The second-order valence-corrected chi connectivity index (χ2v) is 7.72. The van der Waals surface area contributed by atoms with Crippen molar-refractivity contribution >= 4 is 5.91 Å². The van der Waals surface area contributed by atoms with Gasteiger partial charge in [0.05, 0.1) is 0 Å². The van der Waals surface area contributed by atoms with E-state index in [0.717, 1.165) is 51.0 Å². The predicted octanol–water partition coefficient (Wildman–Crippen LogP) is 3.55. The number of benzene rings is 1. The van der Waals surface area contributed by atoms with E-state index in [0.29, 0.717) is 11.8 Å². The molecule has 1 atom stereocenters. The lowest BCUT2D eigenvalue weighted by Gasteiger charge is -2.40. The van der Waals surface area contributed by atoms with E-state index in [1.165, 1.54) is 37.8 Å². The van der Waals surface area contributed by atoms with Crippen molar-refractivity contribution in [2.45, 2.75) is 56.4 Å². The molecule has 4 heteroatoms. The highest BCUT2D eigenvalue weighted by Gasteiger charge is 2.49. The fourth-order valence-corrected chi connectivity index (χ4v) is 5.02. The Kier molecular flexibility index (Phi) is 4.33. The number of likely N-dealkylation sites (tertiary alicyclic amines) is 2. The molecule has 4 rings (SSSR count). The molecular weight excluding hydrogens is 303 g/mol. The Morgan fingerprint density at radius 1 is 1.00 bits per heavy atom. The van der Waals surface area contributed by atoms with Gasteiger partial charge >= 0.3 is 0 Å². The van der Waals surface area contributed by atoms with Crippen molar-refractivity contribution in [3.8, 4) is 0 Å². The summed E-state index contributed by atoms with van der Waals surface area (Å²) in [4.78, 5) is 18.0. The van der Waals surface area contributed by atoms with Crippen molar-refractivity contribution in [2.24, 2.45) is 0 Å². The Morgan fingerprint density at radius 2 is 1.67 bits per heavy atom. The zero-order valence-electron chi connectivity index (χ0n) is 14.3. The van der Waals surface area contributed by atoms with Gasteiger partial charge in [0.1, 0.15) is 11.4 Å². The number of carbonyl (C=O) groups is 1. The molecule has 0 unspecified atom stereocenters. The van der Waals surface area contributed by atoms with E-state index < -0.39 is 0 Å². The molecule has 0 radical (unpaired) electrons. The lowest BCUT2D eigenvalue weighted by atomic mass is 9.93. The maximum Gasteiger partial charge on any atom is 0.243 e. The van der Waals surface area contributed by atoms with Gasteiger partial charge in [-0.1, -0.05) is 25.0 Å². The maximum atomic E-state index is 13.4. The molecule has 2 saturated heterocycles. The van der Waals surface area contributed by atoms with Crippen molar-refractivity contribution < 1.29 is 9.18 Å². The highest BCUT2D eigenvalue weighted by atomic mass is 19.1. The Balaban J connectivity index is 1.49. The van der Waals surface area contributed by atoms with Gasteiger partial charge < -0.3 is 4.90 Å². The molecule has 1 saturated carbocycles. The topological polar surface area (TPSA) is 23.6 Å². The molecule has 130 valence electrons. The fraction of sp³-hybridized carbons (Fsp3) is 0.650. The third-order valence-electron chi connectivity index (χ3n) is 6.36.